The number of aromatic nitrogens is 2. The molecule has 6 nitrogen and oxygen atoms in total. The number of amides is 1. The zero-order valence-corrected chi connectivity index (χ0v) is 17.2. The average Bonchev–Trinajstić information content (AvgIpc) is 2.66. The second-order valence-corrected chi connectivity index (χ2v) is 8.47. The molecule has 1 aliphatic heterocycles. The molecule has 2 heterocycles. The number of carbonyl (C=O) groups excluding carboxylic acids is 1. The lowest BCUT2D eigenvalue weighted by molar-refractivity contribution is -0.129. The van der Waals surface area contributed by atoms with Crippen molar-refractivity contribution in [2.24, 2.45) is 5.92 Å². The smallest absolute Gasteiger partial charge is 0.262 e. The Labute approximate surface area is 164 Å². The fourth-order valence-corrected chi connectivity index (χ4v) is 4.04. The van der Waals surface area contributed by atoms with E-state index in [9.17, 15) is 9.59 Å². The van der Waals surface area contributed by atoms with Crippen LogP contribution in [0.3, 0.4) is 0 Å². The maximum absolute atomic E-state index is 13.0. The average molecular weight is 389 g/mol. The first kappa shape index (κ1) is 19.9. The van der Waals surface area contributed by atoms with Gasteiger partial charge in [-0.05, 0) is 31.5 Å². The zero-order chi connectivity index (χ0) is 19.4. The van der Waals surface area contributed by atoms with Crippen molar-refractivity contribution in [3.63, 3.8) is 0 Å². The molecule has 146 valence electrons. The molecule has 0 bridgehead atoms. The molecule has 27 heavy (non-hydrogen) atoms. The summed E-state index contributed by atoms with van der Waals surface area (Å²) < 4.78 is 1.74. The van der Waals surface area contributed by atoms with Gasteiger partial charge in [0.2, 0.25) is 5.91 Å². The third-order valence-electron chi connectivity index (χ3n) is 4.94. The zero-order valence-electron chi connectivity index (χ0n) is 16.4. The van der Waals surface area contributed by atoms with Crippen LogP contribution in [0.1, 0.15) is 20.3 Å². The van der Waals surface area contributed by atoms with Gasteiger partial charge in [0.05, 0.1) is 16.7 Å². The second kappa shape index (κ2) is 8.89. The standard InChI is InChI=1S/C20H28N4O2S/c1-15(2)8-9-24-19(26)16-6-4-5-7-17(16)21-20(24)27-14-18(25)23-12-10-22(3)11-13-23/h4-7,15H,8-14H2,1-3H3. The third kappa shape index (κ3) is 4.90. The van der Waals surface area contributed by atoms with Gasteiger partial charge in [-0.2, -0.15) is 0 Å². The highest BCUT2D eigenvalue weighted by molar-refractivity contribution is 7.99. The Balaban J connectivity index is 1.80. The number of thioether (sulfide) groups is 1. The van der Waals surface area contributed by atoms with Gasteiger partial charge in [0.1, 0.15) is 0 Å². The van der Waals surface area contributed by atoms with Gasteiger partial charge in [0.25, 0.3) is 5.56 Å². The van der Waals surface area contributed by atoms with E-state index in [1.807, 2.05) is 29.2 Å². The highest BCUT2D eigenvalue weighted by Gasteiger charge is 2.20. The first-order valence-electron chi connectivity index (χ1n) is 9.54. The van der Waals surface area contributed by atoms with E-state index in [4.69, 9.17) is 4.98 Å². The van der Waals surface area contributed by atoms with Crippen molar-refractivity contribution in [1.82, 2.24) is 19.4 Å². The third-order valence-corrected chi connectivity index (χ3v) is 5.90. The maximum atomic E-state index is 13.0. The number of hydrogen-bond acceptors (Lipinski definition) is 5. The summed E-state index contributed by atoms with van der Waals surface area (Å²) >= 11 is 1.38. The number of rotatable bonds is 6. The molecule has 0 aliphatic carbocycles. The summed E-state index contributed by atoms with van der Waals surface area (Å²) in [6.45, 7) is 8.25. The first-order valence-corrected chi connectivity index (χ1v) is 10.5. The Bertz CT molecular complexity index is 857. The molecule has 0 radical (unpaired) electrons. The predicted molar refractivity (Wildman–Crippen MR) is 110 cm³/mol. The van der Waals surface area contributed by atoms with Crippen molar-refractivity contribution in [3.05, 3.63) is 34.6 Å². The van der Waals surface area contributed by atoms with Crippen LogP contribution in [-0.2, 0) is 11.3 Å². The Kier molecular flexibility index (Phi) is 6.55. The first-order chi connectivity index (χ1) is 13.0. The van der Waals surface area contributed by atoms with Crippen LogP contribution in [0.2, 0.25) is 0 Å². The van der Waals surface area contributed by atoms with Gasteiger partial charge >= 0.3 is 0 Å². The molecular weight excluding hydrogens is 360 g/mol. The van der Waals surface area contributed by atoms with Crippen LogP contribution >= 0.6 is 11.8 Å². The number of fused-ring (bicyclic) bond motifs is 1. The second-order valence-electron chi connectivity index (χ2n) is 7.52. The van der Waals surface area contributed by atoms with Gasteiger partial charge in [-0.15, -0.1) is 0 Å². The molecule has 0 spiro atoms. The van der Waals surface area contributed by atoms with Gasteiger partial charge in [-0.25, -0.2) is 4.98 Å². The number of nitrogens with zero attached hydrogens (tertiary/aromatic N) is 4. The van der Waals surface area contributed by atoms with Crippen molar-refractivity contribution in [2.75, 3.05) is 39.0 Å². The van der Waals surface area contributed by atoms with Crippen LogP contribution in [0.5, 0.6) is 0 Å². The fourth-order valence-electron chi connectivity index (χ4n) is 3.12. The van der Waals surface area contributed by atoms with Crippen molar-refractivity contribution >= 4 is 28.6 Å². The van der Waals surface area contributed by atoms with Gasteiger partial charge in [0.15, 0.2) is 5.16 Å². The Hall–Kier alpha value is -1.86. The minimum atomic E-state index is -0.0178. The molecule has 1 aromatic heterocycles. The summed E-state index contributed by atoms with van der Waals surface area (Å²) in [7, 11) is 2.07. The molecule has 7 heteroatoms. The van der Waals surface area contributed by atoms with E-state index in [2.05, 4.69) is 25.8 Å². The van der Waals surface area contributed by atoms with E-state index < -0.39 is 0 Å². The quantitative estimate of drug-likeness (QED) is 0.561. The predicted octanol–water partition coefficient (Wildman–Crippen LogP) is 2.31. The summed E-state index contributed by atoms with van der Waals surface area (Å²) in [5.41, 5.74) is 0.675. The van der Waals surface area contributed by atoms with Gasteiger partial charge in [0, 0.05) is 32.7 Å². The lowest BCUT2D eigenvalue weighted by Gasteiger charge is -2.32. The largest absolute Gasteiger partial charge is 0.339 e. The highest BCUT2D eigenvalue weighted by Crippen LogP contribution is 2.19. The summed E-state index contributed by atoms with van der Waals surface area (Å²) in [4.78, 5) is 34.4. The summed E-state index contributed by atoms with van der Waals surface area (Å²) in [5.74, 6) is 0.926. The monoisotopic (exact) mass is 388 g/mol. The molecule has 3 rings (SSSR count). The SMILES string of the molecule is CC(C)CCn1c(SCC(=O)N2CCN(C)CC2)nc2ccccc2c1=O. The summed E-state index contributed by atoms with van der Waals surface area (Å²) in [6.07, 6.45) is 0.903. The molecule has 0 unspecified atom stereocenters. The van der Waals surface area contributed by atoms with Crippen LogP contribution < -0.4 is 5.56 Å². The molecule has 0 atom stereocenters. The lowest BCUT2D eigenvalue weighted by atomic mass is 10.1. The highest BCUT2D eigenvalue weighted by atomic mass is 32.2. The van der Waals surface area contributed by atoms with E-state index in [1.165, 1.54) is 11.8 Å². The van der Waals surface area contributed by atoms with Crippen LogP contribution in [0.4, 0.5) is 0 Å². The number of hydrogen-bond donors (Lipinski definition) is 0. The lowest BCUT2D eigenvalue weighted by Crippen LogP contribution is -2.47. The number of likely N-dealkylation sites (N-methyl/N-ethyl adjacent to an activating group) is 1. The molecule has 2 aromatic rings. The van der Waals surface area contributed by atoms with Crippen molar-refractivity contribution in [3.8, 4) is 0 Å². The van der Waals surface area contributed by atoms with Crippen LogP contribution in [0.15, 0.2) is 34.2 Å². The molecular formula is C20H28N4O2S. The molecule has 1 amide bonds. The van der Waals surface area contributed by atoms with Gasteiger partial charge in [-0.3, -0.25) is 14.2 Å². The van der Waals surface area contributed by atoms with Crippen LogP contribution in [-0.4, -0.2) is 64.2 Å². The Morgan fingerprint density at radius 1 is 1.19 bits per heavy atom. The molecule has 1 fully saturated rings. The fraction of sp³-hybridized carbons (Fsp3) is 0.550. The number of benzene rings is 1. The molecule has 0 N–H and O–H groups in total. The Morgan fingerprint density at radius 2 is 1.89 bits per heavy atom. The number of carbonyl (C=O) groups is 1. The maximum Gasteiger partial charge on any atom is 0.262 e. The van der Waals surface area contributed by atoms with E-state index in [0.717, 1.165) is 32.6 Å². The molecule has 1 aromatic carbocycles. The number of para-hydroxylation sites is 1. The minimum Gasteiger partial charge on any atom is -0.339 e. The van der Waals surface area contributed by atoms with E-state index >= 15 is 0 Å². The van der Waals surface area contributed by atoms with E-state index in [-0.39, 0.29) is 11.5 Å². The van der Waals surface area contributed by atoms with Crippen molar-refractivity contribution in [2.45, 2.75) is 32.0 Å². The minimum absolute atomic E-state index is 0.0178. The normalized spacial score (nSPS) is 15.6. The summed E-state index contributed by atoms with van der Waals surface area (Å²) in [6, 6.07) is 7.43. The Morgan fingerprint density at radius 3 is 2.59 bits per heavy atom. The van der Waals surface area contributed by atoms with Gasteiger partial charge < -0.3 is 9.80 Å². The topological polar surface area (TPSA) is 58.4 Å². The molecule has 1 aliphatic rings. The molecule has 0 saturated carbocycles. The number of piperazine rings is 1. The van der Waals surface area contributed by atoms with Crippen molar-refractivity contribution < 1.29 is 4.79 Å². The van der Waals surface area contributed by atoms with Crippen molar-refractivity contribution in [1.29, 1.82) is 0 Å². The van der Waals surface area contributed by atoms with E-state index in [1.54, 1.807) is 4.57 Å². The van der Waals surface area contributed by atoms with Crippen LogP contribution in [0.25, 0.3) is 10.9 Å². The van der Waals surface area contributed by atoms with Crippen LogP contribution in [0, 0.1) is 5.92 Å². The summed E-state index contributed by atoms with van der Waals surface area (Å²) in [5, 5.41) is 1.28. The van der Waals surface area contributed by atoms with E-state index in [0.29, 0.717) is 34.3 Å². The molecule has 1 saturated heterocycles. The van der Waals surface area contributed by atoms with Gasteiger partial charge in [-0.1, -0.05) is 37.7 Å².